The Labute approximate surface area is 108 Å². The molecule has 0 saturated heterocycles. The molecule has 0 spiro atoms. The highest BCUT2D eigenvalue weighted by molar-refractivity contribution is 6.69. The van der Waals surface area contributed by atoms with Gasteiger partial charge in [0.15, 0.2) is 0 Å². The van der Waals surface area contributed by atoms with Crippen molar-refractivity contribution in [2.45, 2.75) is 6.82 Å². The Kier molecular flexibility index (Phi) is 2.63. The first-order valence-corrected chi connectivity index (χ1v) is 6.14. The van der Waals surface area contributed by atoms with Crippen LogP contribution < -0.4 is 9.38 Å². The zero-order chi connectivity index (χ0) is 12.5. The molecule has 0 fully saturated rings. The van der Waals surface area contributed by atoms with E-state index >= 15 is 0 Å². The van der Waals surface area contributed by atoms with Crippen LogP contribution in [0.2, 0.25) is 6.82 Å². The van der Waals surface area contributed by atoms with Crippen LogP contribution in [-0.2, 0) is 7.05 Å². The van der Waals surface area contributed by atoms with E-state index in [0.29, 0.717) is 6.85 Å². The molecule has 1 aliphatic heterocycles. The lowest BCUT2D eigenvalue weighted by molar-refractivity contribution is -0.658. The van der Waals surface area contributed by atoms with Crippen molar-refractivity contribution in [2.75, 3.05) is 4.81 Å². The van der Waals surface area contributed by atoms with E-state index in [2.05, 4.69) is 64.7 Å². The minimum atomic E-state index is 0.306. The minimum absolute atomic E-state index is 0.306. The van der Waals surface area contributed by atoms with Gasteiger partial charge in [-0.2, -0.15) is 0 Å². The molecular formula is C14H15BN3+. The van der Waals surface area contributed by atoms with Crippen LogP contribution in [0.3, 0.4) is 0 Å². The number of anilines is 2. The van der Waals surface area contributed by atoms with Gasteiger partial charge < -0.3 is 0 Å². The Morgan fingerprint density at radius 3 is 2.94 bits per heavy atom. The maximum atomic E-state index is 4.53. The van der Waals surface area contributed by atoms with E-state index in [1.807, 2.05) is 18.3 Å². The maximum Gasteiger partial charge on any atom is 0.404 e. The molecule has 4 heteroatoms. The third-order valence-electron chi connectivity index (χ3n) is 3.28. The van der Waals surface area contributed by atoms with Crippen molar-refractivity contribution in [3.63, 3.8) is 0 Å². The summed E-state index contributed by atoms with van der Waals surface area (Å²) in [4.78, 5) is 6.79. The summed E-state index contributed by atoms with van der Waals surface area (Å²) in [5, 5.41) is 0. The van der Waals surface area contributed by atoms with E-state index in [1.165, 1.54) is 5.56 Å². The molecule has 0 amide bonds. The summed E-state index contributed by atoms with van der Waals surface area (Å²) in [5.74, 6) is 4.38. The van der Waals surface area contributed by atoms with E-state index in [9.17, 15) is 0 Å². The first-order valence-electron chi connectivity index (χ1n) is 6.14. The summed E-state index contributed by atoms with van der Waals surface area (Å²) in [6.07, 6.45) is 6.05. The largest absolute Gasteiger partial charge is 0.404 e. The predicted octanol–water partition coefficient (Wildman–Crippen LogP) is 2.23. The maximum absolute atomic E-state index is 4.53. The summed E-state index contributed by atoms with van der Waals surface area (Å²) in [6.45, 7) is 2.49. The second kappa shape index (κ2) is 4.29. The summed E-state index contributed by atoms with van der Waals surface area (Å²) >= 11 is 0. The summed E-state index contributed by atoms with van der Waals surface area (Å²) < 4.78 is 2.12. The Morgan fingerprint density at radius 1 is 1.22 bits per heavy atom. The highest BCUT2D eigenvalue weighted by atomic mass is 15.2. The van der Waals surface area contributed by atoms with E-state index in [-0.39, 0.29) is 0 Å². The quantitative estimate of drug-likeness (QED) is 0.559. The second-order valence-corrected chi connectivity index (χ2v) is 4.56. The fourth-order valence-electron chi connectivity index (χ4n) is 2.34. The molecule has 18 heavy (non-hydrogen) atoms. The zero-order valence-electron chi connectivity index (χ0n) is 10.6. The fraction of sp³-hybridized carbons (Fsp3) is 0.143. The monoisotopic (exact) mass is 236 g/mol. The van der Waals surface area contributed by atoms with E-state index in [4.69, 9.17) is 0 Å². The van der Waals surface area contributed by atoms with Crippen LogP contribution in [0.15, 0.2) is 48.7 Å². The molecule has 0 aromatic carbocycles. The zero-order valence-corrected chi connectivity index (χ0v) is 10.6. The highest BCUT2D eigenvalue weighted by Gasteiger charge is 2.33. The standard InChI is InChI=1S/C14H15BN3/c1-15-9-8-12-6-5-10-16-14(12)18(15)13-7-3-4-11-17(13)2/h3-11H,1-2H3/q+1. The molecule has 3 nitrogen and oxygen atoms in total. The lowest BCUT2D eigenvalue weighted by Gasteiger charge is -2.24. The smallest absolute Gasteiger partial charge is 0.271 e. The molecule has 2 aromatic rings. The van der Waals surface area contributed by atoms with E-state index < -0.39 is 0 Å². The van der Waals surface area contributed by atoms with Gasteiger partial charge in [-0.1, -0.05) is 18.1 Å². The average molecular weight is 236 g/mol. The fourth-order valence-corrected chi connectivity index (χ4v) is 2.34. The molecule has 0 bridgehead atoms. The number of nitrogens with zero attached hydrogens (tertiary/aromatic N) is 3. The summed E-state index contributed by atoms with van der Waals surface area (Å²) in [5.41, 5.74) is 1.17. The molecule has 2 aromatic heterocycles. The topological polar surface area (TPSA) is 20.0 Å². The van der Waals surface area contributed by atoms with Gasteiger partial charge in [-0.05, 0) is 25.0 Å². The van der Waals surface area contributed by atoms with E-state index in [0.717, 1.165) is 11.6 Å². The molecule has 0 aliphatic carbocycles. The molecule has 3 rings (SSSR count). The van der Waals surface area contributed by atoms with Gasteiger partial charge in [-0.15, -0.1) is 0 Å². The first kappa shape index (κ1) is 11.0. The van der Waals surface area contributed by atoms with Gasteiger partial charge >= 0.3 is 6.85 Å². The second-order valence-electron chi connectivity index (χ2n) is 4.56. The Balaban J connectivity index is 2.17. The molecule has 0 unspecified atom stereocenters. The van der Waals surface area contributed by atoms with Crippen LogP contribution in [0.5, 0.6) is 0 Å². The van der Waals surface area contributed by atoms with Gasteiger partial charge in [0.05, 0.1) is 13.2 Å². The number of hydrogen-bond acceptors (Lipinski definition) is 2. The van der Waals surface area contributed by atoms with Crippen LogP contribution in [-0.4, -0.2) is 11.8 Å². The van der Waals surface area contributed by atoms with Crippen LogP contribution in [0.25, 0.3) is 6.08 Å². The number of pyridine rings is 2. The number of rotatable bonds is 1. The lowest BCUT2D eigenvalue weighted by Crippen LogP contribution is -2.43. The van der Waals surface area contributed by atoms with Crippen molar-refractivity contribution >= 4 is 24.6 Å². The summed E-state index contributed by atoms with van der Waals surface area (Å²) in [6, 6.07) is 10.3. The van der Waals surface area contributed by atoms with Crippen molar-refractivity contribution in [1.29, 1.82) is 0 Å². The highest BCUT2D eigenvalue weighted by Crippen LogP contribution is 2.29. The van der Waals surface area contributed by atoms with Gasteiger partial charge in [-0.25, -0.2) is 9.55 Å². The molecule has 0 N–H and O–H groups in total. The van der Waals surface area contributed by atoms with Crippen molar-refractivity contribution < 1.29 is 4.57 Å². The number of fused-ring (bicyclic) bond motifs is 1. The Hall–Kier alpha value is -2.10. The van der Waals surface area contributed by atoms with Crippen molar-refractivity contribution in [3.8, 4) is 0 Å². The molecule has 1 aliphatic rings. The number of hydrogen-bond donors (Lipinski definition) is 0. The Morgan fingerprint density at radius 2 is 2.11 bits per heavy atom. The lowest BCUT2D eigenvalue weighted by atomic mass is 9.61. The van der Waals surface area contributed by atoms with Gasteiger partial charge in [-0.3, -0.25) is 4.81 Å². The first-order chi connectivity index (χ1) is 8.77. The van der Waals surface area contributed by atoms with Gasteiger partial charge in [0.1, 0.15) is 0 Å². The van der Waals surface area contributed by atoms with Crippen molar-refractivity contribution in [1.82, 2.24) is 4.98 Å². The van der Waals surface area contributed by atoms with Gasteiger partial charge in [0, 0.05) is 17.8 Å². The summed E-state index contributed by atoms with van der Waals surface area (Å²) in [7, 11) is 2.06. The normalized spacial score (nSPS) is 13.7. The molecule has 0 atom stereocenters. The van der Waals surface area contributed by atoms with Gasteiger partial charge in [0.25, 0.3) is 5.82 Å². The molecular weight excluding hydrogens is 221 g/mol. The number of aryl methyl sites for hydroxylation is 1. The molecule has 3 heterocycles. The molecule has 0 radical (unpaired) electrons. The van der Waals surface area contributed by atoms with Crippen molar-refractivity contribution in [2.24, 2.45) is 7.05 Å². The van der Waals surface area contributed by atoms with Crippen LogP contribution in [0, 0.1) is 0 Å². The van der Waals surface area contributed by atoms with Crippen LogP contribution >= 0.6 is 0 Å². The third-order valence-corrected chi connectivity index (χ3v) is 3.28. The van der Waals surface area contributed by atoms with Gasteiger partial charge in [0.2, 0.25) is 5.82 Å². The Bertz CT molecular complexity index is 609. The van der Waals surface area contributed by atoms with Crippen LogP contribution in [0.1, 0.15) is 5.56 Å². The average Bonchev–Trinajstić information content (AvgIpc) is 2.40. The molecule has 88 valence electrons. The minimum Gasteiger partial charge on any atom is -0.271 e. The predicted molar refractivity (Wildman–Crippen MR) is 74.6 cm³/mol. The van der Waals surface area contributed by atoms with Crippen LogP contribution in [0.4, 0.5) is 11.6 Å². The molecule has 0 saturated carbocycles. The van der Waals surface area contributed by atoms with Crippen molar-refractivity contribution in [3.05, 3.63) is 54.3 Å². The van der Waals surface area contributed by atoms with E-state index in [1.54, 1.807) is 0 Å². The third kappa shape index (κ3) is 1.70. The number of aromatic nitrogens is 2. The SMILES string of the molecule is CB1C=Cc2cccnc2N1c1cccc[n+]1C.